The molecule has 1 rings (SSSR count). The van der Waals surface area contributed by atoms with Crippen LogP contribution in [-0.4, -0.2) is 40.4 Å². The highest BCUT2D eigenvalue weighted by atomic mass is 16.6. The van der Waals surface area contributed by atoms with Gasteiger partial charge in [0.2, 0.25) is 5.75 Å². The van der Waals surface area contributed by atoms with Crippen molar-refractivity contribution in [3.63, 3.8) is 0 Å². The smallest absolute Gasteiger partial charge is 0.406 e. The minimum Gasteiger partial charge on any atom is -0.476 e. The molecular formula is C13H15N3O4. The number of hydrogen-bond donors (Lipinski definition) is 0. The normalized spacial score (nSPS) is 9.60. The molecule has 0 saturated carbocycles. The Labute approximate surface area is 116 Å². The van der Waals surface area contributed by atoms with Crippen molar-refractivity contribution in [1.82, 2.24) is 9.88 Å². The van der Waals surface area contributed by atoms with Gasteiger partial charge in [0.05, 0.1) is 0 Å². The second kappa shape index (κ2) is 7.67. The maximum absolute atomic E-state index is 11.9. The van der Waals surface area contributed by atoms with Crippen LogP contribution in [0.15, 0.2) is 43.6 Å². The number of nitrogens with zero attached hydrogens (tertiary/aromatic N) is 3. The maximum atomic E-state index is 11.9. The van der Waals surface area contributed by atoms with E-state index in [0.29, 0.717) is 13.1 Å². The Bertz CT molecular complexity index is 506. The zero-order valence-electron chi connectivity index (χ0n) is 10.9. The van der Waals surface area contributed by atoms with E-state index in [9.17, 15) is 14.9 Å². The first kappa shape index (κ1) is 15.4. The molecule has 20 heavy (non-hydrogen) atoms. The second-order valence-electron chi connectivity index (χ2n) is 3.75. The van der Waals surface area contributed by atoms with Crippen LogP contribution in [0.1, 0.15) is 0 Å². The number of aromatic nitrogens is 1. The molecule has 106 valence electrons. The van der Waals surface area contributed by atoms with Gasteiger partial charge in [-0.1, -0.05) is 12.2 Å². The van der Waals surface area contributed by atoms with E-state index >= 15 is 0 Å². The molecule has 0 bridgehead atoms. The maximum Gasteiger partial charge on any atom is 0.406 e. The Morgan fingerprint density at radius 1 is 1.45 bits per heavy atom. The minimum absolute atomic E-state index is 0.0389. The number of rotatable bonds is 8. The number of amides is 1. The first-order chi connectivity index (χ1) is 9.60. The number of carbonyl (C=O) groups excluding carboxylic acids is 1. The number of ether oxygens (including phenoxy) is 1. The van der Waals surface area contributed by atoms with Gasteiger partial charge in [0.15, 0.2) is 6.61 Å². The standard InChI is InChI=1S/C13H15N3O4/c1-3-8-15(9-4-2)12(17)10-20-11-6-5-7-14-13(11)16(18)19/h3-7H,1-2,8-10H2. The van der Waals surface area contributed by atoms with Crippen molar-refractivity contribution in [2.45, 2.75) is 0 Å². The lowest BCUT2D eigenvalue weighted by atomic mass is 10.4. The molecule has 1 heterocycles. The van der Waals surface area contributed by atoms with Gasteiger partial charge in [-0.25, -0.2) is 0 Å². The van der Waals surface area contributed by atoms with E-state index in [1.54, 1.807) is 12.2 Å². The summed E-state index contributed by atoms with van der Waals surface area (Å²) in [5.74, 6) is -0.773. The predicted octanol–water partition coefficient (Wildman–Crippen LogP) is 1.57. The average molecular weight is 277 g/mol. The van der Waals surface area contributed by atoms with Gasteiger partial charge < -0.3 is 19.8 Å². The Kier molecular flexibility index (Phi) is 5.89. The molecule has 0 fully saturated rings. The van der Waals surface area contributed by atoms with Crippen LogP contribution < -0.4 is 4.74 Å². The number of pyridine rings is 1. The van der Waals surface area contributed by atoms with E-state index in [-0.39, 0.29) is 18.3 Å². The van der Waals surface area contributed by atoms with E-state index in [1.807, 2.05) is 0 Å². The molecule has 1 amide bonds. The molecular weight excluding hydrogens is 262 g/mol. The SMILES string of the molecule is C=CCN(CC=C)C(=O)COc1cccnc1[N+](=O)[O-]. The lowest BCUT2D eigenvalue weighted by molar-refractivity contribution is -0.390. The Morgan fingerprint density at radius 3 is 2.65 bits per heavy atom. The third-order valence-electron chi connectivity index (χ3n) is 2.33. The van der Waals surface area contributed by atoms with Gasteiger partial charge in [-0.15, -0.1) is 13.2 Å². The summed E-state index contributed by atoms with van der Waals surface area (Å²) in [4.78, 5) is 27.0. The van der Waals surface area contributed by atoms with Gasteiger partial charge >= 0.3 is 5.82 Å². The zero-order valence-corrected chi connectivity index (χ0v) is 10.9. The Balaban J connectivity index is 2.71. The van der Waals surface area contributed by atoms with Crippen molar-refractivity contribution < 1.29 is 14.5 Å². The molecule has 7 heteroatoms. The summed E-state index contributed by atoms with van der Waals surface area (Å²) < 4.78 is 5.17. The molecule has 0 aromatic carbocycles. The number of carbonyl (C=O) groups is 1. The average Bonchev–Trinajstić information content (AvgIpc) is 2.44. The van der Waals surface area contributed by atoms with E-state index < -0.39 is 10.7 Å². The summed E-state index contributed by atoms with van der Waals surface area (Å²) >= 11 is 0. The molecule has 0 spiro atoms. The zero-order chi connectivity index (χ0) is 15.0. The van der Waals surface area contributed by atoms with Gasteiger partial charge in [0.1, 0.15) is 6.20 Å². The van der Waals surface area contributed by atoms with Crippen LogP contribution in [0.4, 0.5) is 5.82 Å². The third-order valence-corrected chi connectivity index (χ3v) is 2.33. The largest absolute Gasteiger partial charge is 0.476 e. The van der Waals surface area contributed by atoms with Gasteiger partial charge in [0, 0.05) is 13.1 Å². The summed E-state index contributed by atoms with van der Waals surface area (Å²) in [6.07, 6.45) is 4.44. The summed E-state index contributed by atoms with van der Waals surface area (Å²) in [6.45, 7) is 7.49. The van der Waals surface area contributed by atoms with Gasteiger partial charge in [-0.2, -0.15) is 0 Å². The van der Waals surface area contributed by atoms with Crippen molar-refractivity contribution in [3.8, 4) is 5.75 Å². The van der Waals surface area contributed by atoms with Crippen LogP contribution in [0.3, 0.4) is 0 Å². The second-order valence-corrected chi connectivity index (χ2v) is 3.75. The molecule has 0 aliphatic heterocycles. The van der Waals surface area contributed by atoms with Crippen LogP contribution in [0.2, 0.25) is 0 Å². The highest BCUT2D eigenvalue weighted by Crippen LogP contribution is 2.22. The van der Waals surface area contributed by atoms with Crippen LogP contribution >= 0.6 is 0 Å². The lowest BCUT2D eigenvalue weighted by Gasteiger charge is -2.19. The Morgan fingerprint density at radius 2 is 2.10 bits per heavy atom. The van der Waals surface area contributed by atoms with Gasteiger partial charge in [0.25, 0.3) is 5.91 Å². The molecule has 0 N–H and O–H groups in total. The molecule has 0 aliphatic rings. The molecule has 0 unspecified atom stereocenters. The molecule has 0 radical (unpaired) electrons. The van der Waals surface area contributed by atoms with Crippen molar-refractivity contribution in [2.24, 2.45) is 0 Å². The van der Waals surface area contributed by atoms with Gasteiger partial charge in [-0.05, 0) is 22.0 Å². The molecule has 7 nitrogen and oxygen atoms in total. The predicted molar refractivity (Wildman–Crippen MR) is 73.4 cm³/mol. The minimum atomic E-state index is -0.662. The summed E-state index contributed by atoms with van der Waals surface area (Å²) in [5, 5.41) is 10.7. The summed E-state index contributed by atoms with van der Waals surface area (Å²) in [5.41, 5.74) is 0. The summed E-state index contributed by atoms with van der Waals surface area (Å²) in [6, 6.07) is 2.89. The van der Waals surface area contributed by atoms with Crippen molar-refractivity contribution in [2.75, 3.05) is 19.7 Å². The van der Waals surface area contributed by atoms with E-state index in [4.69, 9.17) is 4.74 Å². The van der Waals surface area contributed by atoms with Crippen LogP contribution in [0.25, 0.3) is 0 Å². The lowest BCUT2D eigenvalue weighted by Crippen LogP contribution is -2.35. The fourth-order valence-electron chi connectivity index (χ4n) is 1.45. The molecule has 1 aromatic heterocycles. The molecule has 0 aliphatic carbocycles. The summed E-state index contributed by atoms with van der Waals surface area (Å²) in [7, 11) is 0. The molecule has 1 aromatic rings. The third kappa shape index (κ3) is 4.20. The van der Waals surface area contributed by atoms with Gasteiger partial charge in [-0.3, -0.25) is 4.79 Å². The van der Waals surface area contributed by atoms with Crippen LogP contribution in [0, 0.1) is 10.1 Å². The highest BCUT2D eigenvalue weighted by molar-refractivity contribution is 5.78. The monoisotopic (exact) mass is 277 g/mol. The van der Waals surface area contributed by atoms with Crippen LogP contribution in [-0.2, 0) is 4.79 Å². The quantitative estimate of drug-likeness (QED) is 0.409. The van der Waals surface area contributed by atoms with Crippen molar-refractivity contribution in [3.05, 3.63) is 53.8 Å². The first-order valence-electron chi connectivity index (χ1n) is 5.82. The van der Waals surface area contributed by atoms with E-state index in [0.717, 1.165) is 0 Å². The number of nitro groups is 1. The van der Waals surface area contributed by atoms with Crippen molar-refractivity contribution >= 4 is 11.7 Å². The van der Waals surface area contributed by atoms with E-state index in [1.165, 1.54) is 23.2 Å². The highest BCUT2D eigenvalue weighted by Gasteiger charge is 2.18. The molecule has 0 saturated heterocycles. The first-order valence-corrected chi connectivity index (χ1v) is 5.82. The fourth-order valence-corrected chi connectivity index (χ4v) is 1.45. The van der Waals surface area contributed by atoms with Crippen molar-refractivity contribution in [1.29, 1.82) is 0 Å². The number of hydrogen-bond acceptors (Lipinski definition) is 5. The Hall–Kier alpha value is -2.70. The topological polar surface area (TPSA) is 85.6 Å². The van der Waals surface area contributed by atoms with Crippen LogP contribution in [0.5, 0.6) is 5.75 Å². The fraction of sp³-hybridized carbons (Fsp3) is 0.231. The van der Waals surface area contributed by atoms with E-state index in [2.05, 4.69) is 18.1 Å². The molecule has 0 atom stereocenters.